The summed E-state index contributed by atoms with van der Waals surface area (Å²) in [5.41, 5.74) is 2.40. The zero-order chi connectivity index (χ0) is 11.1. The van der Waals surface area contributed by atoms with Gasteiger partial charge in [0.15, 0.2) is 5.82 Å². The number of nitrogens with zero attached hydrogens (tertiary/aromatic N) is 2. The Morgan fingerprint density at radius 3 is 3.00 bits per heavy atom. The van der Waals surface area contributed by atoms with E-state index >= 15 is 0 Å². The van der Waals surface area contributed by atoms with Gasteiger partial charge in [0.25, 0.3) is 0 Å². The number of hydrazine groups is 1. The Morgan fingerprint density at radius 1 is 1.53 bits per heavy atom. The van der Waals surface area contributed by atoms with Crippen LogP contribution in [-0.4, -0.2) is 29.3 Å². The Kier molecular flexibility index (Phi) is 4.79. The molecule has 3 N–H and O–H groups in total. The average molecular weight is 212 g/mol. The van der Waals surface area contributed by atoms with E-state index in [0.29, 0.717) is 24.9 Å². The molecule has 1 aromatic rings. The maximum Gasteiger partial charge on any atom is 0.234 e. The van der Waals surface area contributed by atoms with E-state index in [1.54, 1.807) is 0 Å². The summed E-state index contributed by atoms with van der Waals surface area (Å²) < 4.78 is 10.7. The number of hydrogen-bond donors (Lipinski definition) is 2. The van der Waals surface area contributed by atoms with Gasteiger partial charge in [0.2, 0.25) is 5.88 Å². The third kappa shape index (κ3) is 4.09. The molecule has 0 radical (unpaired) electrons. The van der Waals surface area contributed by atoms with Crippen LogP contribution in [0.2, 0.25) is 0 Å². The van der Waals surface area contributed by atoms with Gasteiger partial charge in [0.1, 0.15) is 6.10 Å². The molecule has 0 fully saturated rings. The van der Waals surface area contributed by atoms with E-state index in [9.17, 15) is 0 Å². The first-order valence-electron chi connectivity index (χ1n) is 4.79. The minimum Gasteiger partial charge on any atom is -0.471 e. The highest BCUT2D eigenvalue weighted by atomic mass is 16.5. The monoisotopic (exact) mass is 212 g/mol. The minimum absolute atomic E-state index is 0.0627. The second kappa shape index (κ2) is 6.15. The molecule has 0 aliphatic heterocycles. The van der Waals surface area contributed by atoms with Crippen LogP contribution in [0.4, 0.5) is 5.82 Å². The van der Waals surface area contributed by atoms with Gasteiger partial charge >= 0.3 is 0 Å². The SMILES string of the molecule is CCOCC(C)Oc1cncc(NN)n1. The zero-order valence-corrected chi connectivity index (χ0v) is 8.93. The van der Waals surface area contributed by atoms with Gasteiger partial charge in [-0.15, -0.1) is 0 Å². The standard InChI is InChI=1S/C9H16N4O2/c1-3-14-6-7(2)15-9-5-11-4-8(12-9)13-10/h4-5,7H,3,6,10H2,1-2H3,(H,12,13). The highest BCUT2D eigenvalue weighted by molar-refractivity contribution is 5.31. The fourth-order valence-electron chi connectivity index (χ4n) is 0.998. The van der Waals surface area contributed by atoms with Crippen molar-refractivity contribution < 1.29 is 9.47 Å². The second-order valence-corrected chi connectivity index (χ2v) is 2.97. The fourth-order valence-corrected chi connectivity index (χ4v) is 0.998. The van der Waals surface area contributed by atoms with Gasteiger partial charge in [0.05, 0.1) is 19.0 Å². The Bertz CT molecular complexity index is 295. The molecule has 15 heavy (non-hydrogen) atoms. The molecule has 1 unspecified atom stereocenters. The first kappa shape index (κ1) is 11.7. The molecule has 0 aliphatic rings. The van der Waals surface area contributed by atoms with Crippen LogP contribution >= 0.6 is 0 Å². The second-order valence-electron chi connectivity index (χ2n) is 2.97. The van der Waals surface area contributed by atoms with Crippen molar-refractivity contribution in [2.24, 2.45) is 5.84 Å². The number of ether oxygens (including phenoxy) is 2. The molecule has 0 aromatic carbocycles. The maximum atomic E-state index is 5.46. The molecular formula is C9H16N4O2. The minimum atomic E-state index is -0.0627. The Morgan fingerprint density at radius 2 is 2.33 bits per heavy atom. The third-order valence-electron chi connectivity index (χ3n) is 1.64. The molecule has 0 spiro atoms. The van der Waals surface area contributed by atoms with E-state index in [0.717, 1.165) is 0 Å². The van der Waals surface area contributed by atoms with Gasteiger partial charge in [-0.05, 0) is 13.8 Å². The first-order chi connectivity index (χ1) is 7.26. The van der Waals surface area contributed by atoms with Crippen molar-refractivity contribution >= 4 is 5.82 Å². The number of nitrogen functional groups attached to an aromatic ring is 1. The summed E-state index contributed by atoms with van der Waals surface area (Å²) in [6.07, 6.45) is 2.98. The van der Waals surface area contributed by atoms with E-state index in [-0.39, 0.29) is 6.10 Å². The molecule has 0 saturated carbocycles. The van der Waals surface area contributed by atoms with Crippen LogP contribution in [-0.2, 0) is 4.74 Å². The van der Waals surface area contributed by atoms with E-state index in [1.165, 1.54) is 12.4 Å². The summed E-state index contributed by atoms with van der Waals surface area (Å²) in [5, 5.41) is 0. The lowest BCUT2D eigenvalue weighted by Gasteiger charge is -2.13. The van der Waals surface area contributed by atoms with E-state index < -0.39 is 0 Å². The number of nitrogens with one attached hydrogen (secondary N) is 1. The van der Waals surface area contributed by atoms with Crippen molar-refractivity contribution in [3.63, 3.8) is 0 Å². The lowest BCUT2D eigenvalue weighted by atomic mass is 10.4. The topological polar surface area (TPSA) is 82.3 Å². The molecule has 84 valence electrons. The van der Waals surface area contributed by atoms with Gasteiger partial charge in [-0.25, -0.2) is 5.84 Å². The Labute approximate surface area is 88.8 Å². The van der Waals surface area contributed by atoms with Crippen LogP contribution < -0.4 is 16.0 Å². The molecular weight excluding hydrogens is 196 g/mol. The van der Waals surface area contributed by atoms with Crippen molar-refractivity contribution in [2.75, 3.05) is 18.6 Å². The van der Waals surface area contributed by atoms with Crippen molar-refractivity contribution in [2.45, 2.75) is 20.0 Å². The van der Waals surface area contributed by atoms with Crippen LogP contribution in [0, 0.1) is 0 Å². The van der Waals surface area contributed by atoms with E-state index in [2.05, 4.69) is 15.4 Å². The zero-order valence-electron chi connectivity index (χ0n) is 8.93. The molecule has 0 amide bonds. The van der Waals surface area contributed by atoms with Gasteiger partial charge in [0, 0.05) is 6.61 Å². The summed E-state index contributed by atoms with van der Waals surface area (Å²) in [5.74, 6) is 6.09. The number of nitrogens with two attached hydrogens (primary N) is 1. The fraction of sp³-hybridized carbons (Fsp3) is 0.556. The molecule has 6 heteroatoms. The van der Waals surface area contributed by atoms with E-state index in [4.69, 9.17) is 15.3 Å². The van der Waals surface area contributed by atoms with Crippen LogP contribution in [0.5, 0.6) is 5.88 Å². The normalized spacial score (nSPS) is 12.2. The van der Waals surface area contributed by atoms with Gasteiger partial charge in [-0.3, -0.25) is 4.98 Å². The summed E-state index contributed by atoms with van der Waals surface area (Å²) in [6, 6.07) is 0. The number of aromatic nitrogens is 2. The molecule has 1 rings (SSSR count). The summed E-state index contributed by atoms with van der Waals surface area (Å²) in [7, 11) is 0. The Balaban J connectivity index is 2.48. The number of hydrogen-bond acceptors (Lipinski definition) is 6. The van der Waals surface area contributed by atoms with E-state index in [1.807, 2.05) is 13.8 Å². The summed E-state index contributed by atoms with van der Waals surface area (Å²) in [4.78, 5) is 7.98. The average Bonchev–Trinajstić information content (AvgIpc) is 2.26. The summed E-state index contributed by atoms with van der Waals surface area (Å²) >= 11 is 0. The van der Waals surface area contributed by atoms with Crippen LogP contribution in [0.1, 0.15) is 13.8 Å². The van der Waals surface area contributed by atoms with Crippen molar-refractivity contribution in [3.05, 3.63) is 12.4 Å². The van der Waals surface area contributed by atoms with Gasteiger partial charge < -0.3 is 14.9 Å². The molecule has 1 aromatic heterocycles. The number of anilines is 1. The first-order valence-corrected chi connectivity index (χ1v) is 4.79. The third-order valence-corrected chi connectivity index (χ3v) is 1.64. The molecule has 6 nitrogen and oxygen atoms in total. The van der Waals surface area contributed by atoms with Gasteiger partial charge in [-0.1, -0.05) is 0 Å². The molecule has 0 bridgehead atoms. The quantitative estimate of drug-likeness (QED) is 0.530. The molecule has 0 aliphatic carbocycles. The predicted octanol–water partition coefficient (Wildman–Crippen LogP) is 0.566. The predicted molar refractivity (Wildman–Crippen MR) is 56.4 cm³/mol. The molecule has 1 heterocycles. The number of rotatable bonds is 6. The van der Waals surface area contributed by atoms with Crippen molar-refractivity contribution in [3.8, 4) is 5.88 Å². The molecule has 0 saturated heterocycles. The van der Waals surface area contributed by atoms with Crippen LogP contribution in [0.3, 0.4) is 0 Å². The van der Waals surface area contributed by atoms with Crippen LogP contribution in [0.15, 0.2) is 12.4 Å². The highest BCUT2D eigenvalue weighted by Crippen LogP contribution is 2.09. The lowest BCUT2D eigenvalue weighted by molar-refractivity contribution is 0.0632. The van der Waals surface area contributed by atoms with Crippen molar-refractivity contribution in [1.29, 1.82) is 0 Å². The Hall–Kier alpha value is -1.40. The highest BCUT2D eigenvalue weighted by Gasteiger charge is 2.05. The molecule has 1 atom stereocenters. The smallest absolute Gasteiger partial charge is 0.234 e. The lowest BCUT2D eigenvalue weighted by Crippen LogP contribution is -2.20. The van der Waals surface area contributed by atoms with Gasteiger partial charge in [-0.2, -0.15) is 4.98 Å². The van der Waals surface area contributed by atoms with Crippen LogP contribution in [0.25, 0.3) is 0 Å². The maximum absolute atomic E-state index is 5.46. The van der Waals surface area contributed by atoms with Crippen molar-refractivity contribution in [1.82, 2.24) is 9.97 Å². The largest absolute Gasteiger partial charge is 0.471 e. The summed E-state index contributed by atoms with van der Waals surface area (Å²) in [6.45, 7) is 5.04.